The van der Waals surface area contributed by atoms with E-state index in [2.05, 4.69) is 37.1 Å². The Morgan fingerprint density at radius 3 is 2.58 bits per heavy atom. The van der Waals surface area contributed by atoms with Crippen molar-refractivity contribution in [2.45, 2.75) is 16.4 Å². The van der Waals surface area contributed by atoms with Gasteiger partial charge in [0.1, 0.15) is 17.5 Å². The summed E-state index contributed by atoms with van der Waals surface area (Å²) in [6, 6.07) is 11.8. The fourth-order valence-corrected chi connectivity index (χ4v) is 8.77. The summed E-state index contributed by atoms with van der Waals surface area (Å²) in [6.45, 7) is 1.52. The van der Waals surface area contributed by atoms with Gasteiger partial charge in [0.25, 0.3) is 5.16 Å². The van der Waals surface area contributed by atoms with Gasteiger partial charge in [-0.3, -0.25) is 0 Å². The van der Waals surface area contributed by atoms with Gasteiger partial charge < -0.3 is 0 Å². The molecule has 0 atom stereocenters. The molecule has 210 valence electrons. The van der Waals surface area contributed by atoms with Crippen molar-refractivity contribution in [2.75, 3.05) is 19.2 Å². The second kappa shape index (κ2) is 12.1. The first-order chi connectivity index (χ1) is 18.9. The van der Waals surface area contributed by atoms with E-state index in [1.807, 2.05) is 23.6 Å². The van der Waals surface area contributed by atoms with Crippen LogP contribution >= 0.6 is 50.8 Å². The zero-order valence-electron chi connectivity index (χ0n) is 20.9. The van der Waals surface area contributed by atoms with Gasteiger partial charge in [-0.1, -0.05) is 23.9 Å². The summed E-state index contributed by atoms with van der Waals surface area (Å²) in [5.74, 6) is -0.618. The Hall–Kier alpha value is -2.53. The van der Waals surface area contributed by atoms with Crippen LogP contribution in [0.25, 0.3) is 21.1 Å². The lowest BCUT2D eigenvalue weighted by Gasteiger charge is -2.09. The largest absolute Gasteiger partial charge is 0.323 e. The molecule has 0 unspecified atom stereocenters. The van der Waals surface area contributed by atoms with E-state index in [9.17, 15) is 21.2 Å². The van der Waals surface area contributed by atoms with Gasteiger partial charge in [0, 0.05) is 29.6 Å². The average Bonchev–Trinajstić information content (AvgIpc) is 3.62. The molecule has 0 radical (unpaired) electrons. The van der Waals surface area contributed by atoms with Gasteiger partial charge in [-0.2, -0.15) is 26.4 Å². The minimum atomic E-state index is -4.36. The van der Waals surface area contributed by atoms with Crippen molar-refractivity contribution in [2.24, 2.45) is 0 Å². The van der Waals surface area contributed by atoms with Crippen LogP contribution in [0.3, 0.4) is 0 Å². The summed E-state index contributed by atoms with van der Waals surface area (Å²) < 4.78 is 68.6. The summed E-state index contributed by atoms with van der Waals surface area (Å²) >= 11 is 7.83. The van der Waals surface area contributed by atoms with Crippen molar-refractivity contribution >= 4 is 92.1 Å². The molecule has 11 nitrogen and oxygen atoms in total. The normalized spacial score (nSPS) is 12.0. The Morgan fingerprint density at radius 1 is 1.18 bits per heavy atom. The van der Waals surface area contributed by atoms with Gasteiger partial charge in [0.2, 0.25) is 0 Å². The lowest BCUT2D eigenvalue weighted by Crippen LogP contribution is -2.29. The number of aromatic nitrogens is 5. The van der Waals surface area contributed by atoms with Crippen LogP contribution in [0.4, 0.5) is 4.39 Å². The third kappa shape index (κ3) is 6.05. The highest BCUT2D eigenvalue weighted by Gasteiger charge is 2.30. The molecule has 0 saturated carbocycles. The van der Waals surface area contributed by atoms with E-state index < -0.39 is 31.2 Å². The quantitative estimate of drug-likeness (QED) is 0.0994. The highest BCUT2D eigenvalue weighted by molar-refractivity contribution is 9.10. The second-order valence-electron chi connectivity index (χ2n) is 7.97. The van der Waals surface area contributed by atoms with Crippen LogP contribution in [0, 0.1) is 23.4 Å². The summed E-state index contributed by atoms with van der Waals surface area (Å²) in [4.78, 5) is 8.06. The van der Waals surface area contributed by atoms with Crippen molar-refractivity contribution in [3.63, 3.8) is 0 Å². The smallest absolute Gasteiger partial charge is 0.234 e. The zero-order valence-corrected chi connectivity index (χ0v) is 26.6. The van der Waals surface area contributed by atoms with Crippen molar-refractivity contribution in [3.8, 4) is 5.40 Å². The van der Waals surface area contributed by atoms with Gasteiger partial charge in [0.05, 0.1) is 20.8 Å². The van der Waals surface area contributed by atoms with Crippen molar-refractivity contribution in [3.05, 3.63) is 64.8 Å². The number of hydrogen-bond donors (Lipinski definition) is 0. The lowest BCUT2D eigenvalue weighted by molar-refractivity contribution is 0.502. The fraction of sp³-hybridized carbons (Fsp3) is 0.182. The molecule has 3 aromatic heterocycles. The molecular formula is C22H19BrFN7O4S5. The van der Waals surface area contributed by atoms with E-state index in [0.29, 0.717) is 13.9 Å². The predicted octanol–water partition coefficient (Wildman–Crippen LogP) is 4.89. The van der Waals surface area contributed by atoms with Gasteiger partial charge in [-0.15, -0.1) is 20.5 Å². The Kier molecular flexibility index (Phi) is 9.24. The van der Waals surface area contributed by atoms with Crippen LogP contribution in [0.15, 0.2) is 62.8 Å². The number of para-hydroxylation sites is 1. The average molecular weight is 705 g/mol. The van der Waals surface area contributed by atoms with Crippen molar-refractivity contribution in [1.82, 2.24) is 27.4 Å². The topological polar surface area (TPSA) is 144 Å². The highest BCUT2D eigenvalue weighted by Crippen LogP contribution is 2.34. The minimum Gasteiger partial charge on any atom is -0.234 e. The molecule has 18 heteroatoms. The molecule has 0 bridgehead atoms. The van der Waals surface area contributed by atoms with E-state index in [1.54, 1.807) is 23.1 Å². The SMILES string of the molecule is Cc1c(Br)c2ccc(F)cc2n1S(=O)(=O)c1ncn(S(=O)(=O)N(C)C)n1.N#CSCSc1nc2ccccc2s1. The molecule has 40 heavy (non-hydrogen) atoms. The van der Waals surface area contributed by atoms with Gasteiger partial charge in [-0.05, 0) is 64.9 Å². The summed E-state index contributed by atoms with van der Waals surface area (Å²) in [6.07, 6.45) is 0.791. The predicted molar refractivity (Wildman–Crippen MR) is 158 cm³/mol. The number of nitriles is 1. The molecule has 3 heterocycles. The molecule has 0 N–H and O–H groups in total. The first-order valence-corrected chi connectivity index (χ1v) is 17.3. The number of fused-ring (bicyclic) bond motifs is 2. The number of rotatable bonds is 7. The summed E-state index contributed by atoms with van der Waals surface area (Å²) in [5, 5.41) is 14.5. The molecule has 0 aliphatic heterocycles. The van der Waals surface area contributed by atoms with Crippen LogP contribution in [0.5, 0.6) is 0 Å². The number of nitrogens with zero attached hydrogens (tertiary/aromatic N) is 7. The molecule has 0 saturated heterocycles. The number of hydrogen-bond acceptors (Lipinski definition) is 11. The number of halogens is 2. The van der Waals surface area contributed by atoms with E-state index in [0.717, 1.165) is 35.6 Å². The number of thiazole rings is 1. The van der Waals surface area contributed by atoms with Gasteiger partial charge in [0.15, 0.2) is 4.34 Å². The van der Waals surface area contributed by atoms with Gasteiger partial charge in [-0.25, -0.2) is 18.3 Å². The molecule has 0 amide bonds. The van der Waals surface area contributed by atoms with E-state index in [4.69, 9.17) is 5.26 Å². The Balaban J connectivity index is 0.000000222. The maximum absolute atomic E-state index is 13.7. The highest BCUT2D eigenvalue weighted by atomic mass is 79.9. The zero-order chi connectivity index (χ0) is 29.2. The first kappa shape index (κ1) is 30.4. The van der Waals surface area contributed by atoms with Crippen molar-refractivity contribution in [1.29, 1.82) is 5.26 Å². The van der Waals surface area contributed by atoms with Crippen LogP contribution in [-0.2, 0) is 20.2 Å². The molecule has 5 aromatic rings. The standard InChI is InChI=1S/C13H13BrFN5O4S2.C9H6N2S3/c1-8-12(14)10-5-4-9(15)6-11(10)20(8)25(21,22)13-16-7-19(17-13)26(23,24)18(2)3;10-5-12-6-13-9-11-7-3-1-2-4-8(7)14-9/h4-7H,1-3H3;1-4H,6H2. The van der Waals surface area contributed by atoms with E-state index in [-0.39, 0.29) is 11.2 Å². The first-order valence-electron chi connectivity index (χ1n) is 10.9. The van der Waals surface area contributed by atoms with Crippen molar-refractivity contribution < 1.29 is 21.2 Å². The minimum absolute atomic E-state index is 0.0844. The third-order valence-corrected chi connectivity index (χ3v) is 12.3. The molecule has 2 aromatic carbocycles. The third-order valence-electron chi connectivity index (χ3n) is 5.24. The van der Waals surface area contributed by atoms with Crippen LogP contribution in [0.2, 0.25) is 0 Å². The van der Waals surface area contributed by atoms with E-state index >= 15 is 0 Å². The maximum Gasteiger partial charge on any atom is 0.323 e. The second-order valence-corrected chi connectivity index (χ2v) is 15.8. The van der Waals surface area contributed by atoms with Crippen LogP contribution in [0.1, 0.15) is 5.69 Å². The molecule has 0 fully saturated rings. The lowest BCUT2D eigenvalue weighted by atomic mass is 10.2. The maximum atomic E-state index is 13.7. The van der Waals surface area contributed by atoms with Gasteiger partial charge >= 0.3 is 20.2 Å². The summed E-state index contributed by atoms with van der Waals surface area (Å²) in [7, 11) is -5.84. The molecule has 0 aliphatic carbocycles. The molecule has 0 spiro atoms. The van der Waals surface area contributed by atoms with Crippen LogP contribution < -0.4 is 0 Å². The molecular weight excluding hydrogens is 686 g/mol. The Morgan fingerprint density at radius 2 is 1.90 bits per heavy atom. The fourth-order valence-electron chi connectivity index (χ4n) is 3.36. The molecule has 5 rings (SSSR count). The number of thioether (sulfide) groups is 2. The molecule has 0 aliphatic rings. The Bertz CT molecular complexity index is 1930. The van der Waals surface area contributed by atoms with E-state index in [1.165, 1.54) is 49.6 Å². The van der Waals surface area contributed by atoms with Crippen LogP contribution in [-0.4, -0.2) is 63.4 Å². The number of thiocyanates is 1. The monoisotopic (exact) mass is 703 g/mol. The number of benzene rings is 2. The Labute approximate surface area is 250 Å². The summed E-state index contributed by atoms with van der Waals surface area (Å²) in [5.41, 5.74) is 1.40.